The minimum atomic E-state index is -4.97. The van der Waals surface area contributed by atoms with E-state index in [-0.39, 0.29) is 0 Å². The second kappa shape index (κ2) is 9.54. The van der Waals surface area contributed by atoms with Crippen molar-refractivity contribution in [1.82, 2.24) is 10.6 Å². The van der Waals surface area contributed by atoms with E-state index < -0.39 is 83.5 Å². The number of carboxylic acid groups (broad SMARTS) is 1. The van der Waals surface area contributed by atoms with Crippen molar-refractivity contribution in [2.45, 2.75) is 18.1 Å². The average molecular weight is 471 g/mol. The zero-order valence-corrected chi connectivity index (χ0v) is 16.1. The topological polar surface area (TPSA) is 285 Å². The van der Waals surface area contributed by atoms with E-state index in [2.05, 4.69) is 0 Å². The van der Waals surface area contributed by atoms with Crippen molar-refractivity contribution in [3.8, 4) is 0 Å². The minimum absolute atomic E-state index is 1.32. The highest BCUT2D eigenvalue weighted by atomic mass is 32.2. The molecule has 2 unspecified atom stereocenters. The fraction of sp³-hybridized carbons (Fsp3) is 0.667. The van der Waals surface area contributed by atoms with Crippen molar-refractivity contribution in [3.63, 3.8) is 0 Å². The monoisotopic (exact) mass is 471 g/mol. The molecule has 0 radical (unpaired) electrons. The van der Waals surface area contributed by atoms with Gasteiger partial charge >= 0.3 is 5.97 Å². The molecule has 28 heavy (non-hydrogen) atoms. The highest BCUT2D eigenvalue weighted by Crippen LogP contribution is 1.99. The van der Waals surface area contributed by atoms with Crippen LogP contribution >= 0.6 is 0 Å². The van der Waals surface area contributed by atoms with Crippen LogP contribution in [0.25, 0.3) is 0 Å². The zero-order chi connectivity index (χ0) is 22.5. The molecule has 0 aliphatic rings. The molecule has 0 saturated carbocycles. The number of hydrogen-bond acceptors (Lipinski definition) is 10. The number of aliphatic carboxylic acids is 1. The van der Waals surface area contributed by atoms with Crippen LogP contribution < -0.4 is 16.4 Å². The molecule has 164 valence electrons. The number of carbonyl (C=O) groups is 3. The summed E-state index contributed by atoms with van der Waals surface area (Å²) in [6.45, 7) is 0. The maximum Gasteiger partial charge on any atom is 0.327 e. The third kappa shape index (κ3) is 11.7. The van der Waals surface area contributed by atoms with Crippen LogP contribution in [0.2, 0.25) is 0 Å². The van der Waals surface area contributed by atoms with Crippen LogP contribution in [-0.2, 0) is 44.7 Å². The van der Waals surface area contributed by atoms with Gasteiger partial charge in [-0.15, -0.1) is 0 Å². The van der Waals surface area contributed by atoms with Gasteiger partial charge in [-0.3, -0.25) is 23.2 Å². The molecule has 0 aromatic carbocycles. The van der Waals surface area contributed by atoms with E-state index in [1.165, 1.54) is 5.32 Å². The van der Waals surface area contributed by atoms with Crippen LogP contribution in [0, 0.1) is 0 Å². The molecule has 0 heterocycles. The molecule has 8 N–H and O–H groups in total. The van der Waals surface area contributed by atoms with Gasteiger partial charge in [-0.2, -0.15) is 25.3 Å². The van der Waals surface area contributed by atoms with Crippen LogP contribution in [0.1, 0.15) is 0 Å². The van der Waals surface area contributed by atoms with Crippen molar-refractivity contribution < 1.29 is 58.4 Å². The number of carbonyl (C=O) groups excluding carboxylic acids is 2. The third-order valence-corrected chi connectivity index (χ3v) is 5.02. The Hall–Kier alpha value is -1.90. The molecule has 3 atom stereocenters. The summed E-state index contributed by atoms with van der Waals surface area (Å²) in [5.74, 6) is -9.42. The first-order valence-corrected chi connectivity index (χ1v) is 11.6. The molecule has 0 aliphatic heterocycles. The smallest absolute Gasteiger partial charge is 0.327 e. The quantitative estimate of drug-likeness (QED) is 0.139. The van der Waals surface area contributed by atoms with E-state index in [4.69, 9.17) is 24.5 Å². The van der Waals surface area contributed by atoms with Gasteiger partial charge in [-0.25, -0.2) is 4.79 Å². The molecule has 2 amide bonds. The van der Waals surface area contributed by atoms with Crippen LogP contribution in [0.15, 0.2) is 0 Å². The van der Waals surface area contributed by atoms with Crippen molar-refractivity contribution in [1.29, 1.82) is 0 Å². The Labute approximate surface area is 158 Å². The number of hydrogen-bond donors (Lipinski definition) is 7. The molecule has 19 heteroatoms. The lowest BCUT2D eigenvalue weighted by Crippen LogP contribution is -2.58. The molecule has 0 fully saturated rings. The van der Waals surface area contributed by atoms with Crippen LogP contribution in [-0.4, -0.2) is 97.2 Å². The highest BCUT2D eigenvalue weighted by molar-refractivity contribution is 7.86. The van der Waals surface area contributed by atoms with Gasteiger partial charge in [0.1, 0.15) is 29.6 Å². The standard InChI is InChI=1S/C9H17N3O13S3/c10-4(1-26(17,18)19)7(13)11-5(2-27(20,21)22)8(14)12-6(9(15)16)3-28(23,24)25/h4-6H,1-3,10H2,(H,11,13)(H,12,14)(H,15,16)(H,17,18,19)(H,20,21,22)(H,23,24,25)/t4?,5-,6?/m0/s1. The van der Waals surface area contributed by atoms with E-state index in [9.17, 15) is 39.6 Å². The summed E-state index contributed by atoms with van der Waals surface area (Å²) in [6.07, 6.45) is 0. The summed E-state index contributed by atoms with van der Waals surface area (Å²) in [6, 6.07) is -6.49. The molecule has 0 saturated heterocycles. The van der Waals surface area contributed by atoms with E-state index in [1.807, 2.05) is 0 Å². The van der Waals surface area contributed by atoms with Gasteiger partial charge in [0, 0.05) is 0 Å². The maximum atomic E-state index is 12.0. The largest absolute Gasteiger partial charge is 0.480 e. The summed E-state index contributed by atoms with van der Waals surface area (Å²) in [5.41, 5.74) is 5.15. The Kier molecular flexibility index (Phi) is 8.89. The predicted molar refractivity (Wildman–Crippen MR) is 88.7 cm³/mol. The van der Waals surface area contributed by atoms with E-state index in [0.717, 1.165) is 0 Å². The van der Waals surface area contributed by atoms with E-state index in [0.29, 0.717) is 0 Å². The second-order valence-corrected chi connectivity index (χ2v) is 9.80. The van der Waals surface area contributed by atoms with E-state index >= 15 is 0 Å². The van der Waals surface area contributed by atoms with Crippen LogP contribution in [0.5, 0.6) is 0 Å². The fourth-order valence-corrected chi connectivity index (χ4v) is 3.54. The molecule has 0 spiro atoms. The summed E-state index contributed by atoms with van der Waals surface area (Å²) >= 11 is 0. The molecule has 0 aromatic rings. The molecule has 0 rings (SSSR count). The van der Waals surface area contributed by atoms with Crippen molar-refractivity contribution in [3.05, 3.63) is 0 Å². The fourth-order valence-electron chi connectivity index (χ4n) is 1.63. The summed E-state index contributed by atoms with van der Waals surface area (Å²) in [5, 5.41) is 12.0. The Balaban J connectivity index is 5.51. The number of rotatable bonds is 11. The molecule has 0 aromatic heterocycles. The lowest BCUT2D eigenvalue weighted by Gasteiger charge is -2.21. The Morgan fingerprint density at radius 2 is 1.07 bits per heavy atom. The number of nitrogens with two attached hydrogens (primary N) is 1. The van der Waals surface area contributed by atoms with Crippen molar-refractivity contribution in [2.24, 2.45) is 5.73 Å². The molecule has 0 bridgehead atoms. The van der Waals surface area contributed by atoms with Gasteiger partial charge in [-0.05, 0) is 0 Å². The first kappa shape index (κ1) is 26.1. The molecular weight excluding hydrogens is 454 g/mol. The first-order valence-electron chi connectivity index (χ1n) is 6.75. The lowest BCUT2D eigenvalue weighted by atomic mass is 10.2. The molecule has 0 aliphatic carbocycles. The van der Waals surface area contributed by atoms with Gasteiger partial charge in [0.05, 0.1) is 5.75 Å². The van der Waals surface area contributed by atoms with Crippen LogP contribution in [0.4, 0.5) is 0 Å². The summed E-state index contributed by atoms with van der Waals surface area (Å²) < 4.78 is 90.9. The Bertz CT molecular complexity index is 924. The number of nitrogens with one attached hydrogen (secondary N) is 2. The number of carboxylic acids is 1. The van der Waals surface area contributed by atoms with Gasteiger partial charge in [-0.1, -0.05) is 0 Å². The Morgan fingerprint density at radius 3 is 1.43 bits per heavy atom. The van der Waals surface area contributed by atoms with Gasteiger partial charge < -0.3 is 21.5 Å². The van der Waals surface area contributed by atoms with Crippen LogP contribution in [0.3, 0.4) is 0 Å². The minimum Gasteiger partial charge on any atom is -0.480 e. The third-order valence-electron chi connectivity index (χ3n) is 2.73. The average Bonchev–Trinajstić information content (AvgIpc) is 2.40. The second-order valence-electron chi connectivity index (χ2n) is 5.31. The predicted octanol–water partition coefficient (Wildman–Crippen LogP) is -4.97. The van der Waals surface area contributed by atoms with Crippen molar-refractivity contribution >= 4 is 48.1 Å². The van der Waals surface area contributed by atoms with E-state index in [1.54, 1.807) is 5.32 Å². The molecular formula is C9H17N3O13S3. The van der Waals surface area contributed by atoms with Gasteiger partial charge in [0.15, 0.2) is 0 Å². The summed E-state index contributed by atoms with van der Waals surface area (Å²) in [7, 11) is -14.6. The normalized spacial score (nSPS) is 15.9. The Morgan fingerprint density at radius 1 is 0.714 bits per heavy atom. The first-order chi connectivity index (χ1) is 12.3. The van der Waals surface area contributed by atoms with Gasteiger partial charge in [0.2, 0.25) is 11.8 Å². The zero-order valence-electron chi connectivity index (χ0n) is 13.6. The summed E-state index contributed by atoms with van der Waals surface area (Å²) in [4.78, 5) is 34.7. The van der Waals surface area contributed by atoms with Crippen molar-refractivity contribution in [2.75, 3.05) is 17.3 Å². The SMILES string of the molecule is NC(CS(=O)(=O)O)C(=O)N[C@@H](CS(=O)(=O)O)C(=O)NC(CS(=O)(=O)O)C(=O)O. The van der Waals surface area contributed by atoms with Gasteiger partial charge in [0.25, 0.3) is 30.4 Å². The number of amides is 2. The highest BCUT2D eigenvalue weighted by Gasteiger charge is 2.33. The maximum absolute atomic E-state index is 12.0. The lowest BCUT2D eigenvalue weighted by molar-refractivity contribution is -0.141. The molecule has 16 nitrogen and oxygen atoms in total.